The highest BCUT2D eigenvalue weighted by Gasteiger charge is 2.30. The molecular formula is C19H28N4O6. The van der Waals surface area contributed by atoms with Crippen molar-refractivity contribution < 1.29 is 29.4 Å². The number of carboxylic acids is 1. The lowest BCUT2D eigenvalue weighted by atomic mass is 10.0. The Bertz CT molecular complexity index is 723. The van der Waals surface area contributed by atoms with E-state index in [1.165, 1.54) is 20.8 Å². The highest BCUT2D eigenvalue weighted by Crippen LogP contribution is 2.05. The van der Waals surface area contributed by atoms with Crippen LogP contribution in [0.4, 0.5) is 0 Å². The van der Waals surface area contributed by atoms with E-state index in [2.05, 4.69) is 16.0 Å². The first-order valence-electron chi connectivity index (χ1n) is 9.14. The number of carbonyl (C=O) groups excluding carboxylic acids is 3. The van der Waals surface area contributed by atoms with E-state index < -0.39 is 54.0 Å². The zero-order valence-corrected chi connectivity index (χ0v) is 16.6. The molecule has 160 valence electrons. The van der Waals surface area contributed by atoms with Gasteiger partial charge in [0.1, 0.15) is 12.1 Å². The molecule has 0 unspecified atom stereocenters. The number of amides is 3. The maximum absolute atomic E-state index is 12.6. The SMILES string of the molecule is C[C@H](N)C(=O)N[C@@H](C)C(=O)N[C@@H](Cc1ccccc1)C(=O)N[C@H](C(=O)O)[C@@H](C)O. The van der Waals surface area contributed by atoms with Crippen molar-refractivity contribution in [1.82, 2.24) is 16.0 Å². The van der Waals surface area contributed by atoms with Gasteiger partial charge < -0.3 is 31.9 Å². The lowest BCUT2D eigenvalue weighted by Crippen LogP contribution is -2.58. The molecule has 0 aliphatic carbocycles. The summed E-state index contributed by atoms with van der Waals surface area (Å²) in [5.74, 6) is -3.35. The number of hydrogen-bond donors (Lipinski definition) is 6. The average Bonchev–Trinajstić information content (AvgIpc) is 2.65. The van der Waals surface area contributed by atoms with Gasteiger partial charge in [-0.15, -0.1) is 0 Å². The van der Waals surface area contributed by atoms with Gasteiger partial charge in [0.05, 0.1) is 12.1 Å². The molecule has 7 N–H and O–H groups in total. The standard InChI is InChI=1S/C19H28N4O6/c1-10(20)16(25)21-11(2)17(26)22-14(9-13-7-5-4-6-8-13)18(27)23-15(12(3)24)19(28)29/h4-8,10-12,14-15,24H,9,20H2,1-3H3,(H,21,25)(H,22,26)(H,23,27)(H,28,29)/t10-,11-,12+,14-,15-/m0/s1. The number of carboxylic acid groups (broad SMARTS) is 1. The molecule has 0 fully saturated rings. The van der Waals surface area contributed by atoms with Crippen LogP contribution < -0.4 is 21.7 Å². The Morgan fingerprint density at radius 2 is 1.52 bits per heavy atom. The third kappa shape index (κ3) is 7.88. The van der Waals surface area contributed by atoms with Crippen LogP contribution in [0.1, 0.15) is 26.3 Å². The number of nitrogens with two attached hydrogens (primary N) is 1. The fraction of sp³-hybridized carbons (Fsp3) is 0.474. The molecule has 1 rings (SSSR count). The molecule has 0 saturated heterocycles. The largest absolute Gasteiger partial charge is 0.480 e. The first kappa shape index (κ1) is 24.1. The van der Waals surface area contributed by atoms with Gasteiger partial charge in [-0.2, -0.15) is 0 Å². The third-order valence-electron chi connectivity index (χ3n) is 4.13. The normalized spacial score (nSPS) is 15.9. The van der Waals surface area contributed by atoms with E-state index in [-0.39, 0.29) is 6.42 Å². The third-order valence-corrected chi connectivity index (χ3v) is 4.13. The monoisotopic (exact) mass is 408 g/mol. The van der Waals surface area contributed by atoms with Crippen molar-refractivity contribution in [3.8, 4) is 0 Å². The summed E-state index contributed by atoms with van der Waals surface area (Å²) >= 11 is 0. The summed E-state index contributed by atoms with van der Waals surface area (Å²) in [6, 6.07) is 4.36. The molecule has 0 radical (unpaired) electrons. The number of benzene rings is 1. The summed E-state index contributed by atoms with van der Waals surface area (Å²) in [5.41, 5.74) is 6.19. The van der Waals surface area contributed by atoms with E-state index in [1.807, 2.05) is 0 Å². The summed E-state index contributed by atoms with van der Waals surface area (Å²) in [5, 5.41) is 25.9. The van der Waals surface area contributed by atoms with E-state index in [1.54, 1.807) is 30.3 Å². The molecule has 0 aromatic heterocycles. The summed E-state index contributed by atoms with van der Waals surface area (Å²) < 4.78 is 0. The van der Waals surface area contributed by atoms with Crippen LogP contribution in [0.15, 0.2) is 30.3 Å². The first-order chi connectivity index (χ1) is 13.5. The van der Waals surface area contributed by atoms with E-state index in [9.17, 15) is 24.3 Å². The summed E-state index contributed by atoms with van der Waals surface area (Å²) in [6.45, 7) is 4.13. The maximum Gasteiger partial charge on any atom is 0.328 e. The molecule has 1 aromatic rings. The molecule has 0 spiro atoms. The molecule has 10 heteroatoms. The molecule has 29 heavy (non-hydrogen) atoms. The minimum atomic E-state index is -1.53. The van der Waals surface area contributed by atoms with Crippen LogP contribution in [0, 0.1) is 0 Å². The first-order valence-corrected chi connectivity index (χ1v) is 9.14. The van der Waals surface area contributed by atoms with Gasteiger partial charge in [0, 0.05) is 6.42 Å². The fourth-order valence-electron chi connectivity index (χ4n) is 2.41. The Morgan fingerprint density at radius 1 is 0.931 bits per heavy atom. The van der Waals surface area contributed by atoms with Crippen molar-refractivity contribution >= 4 is 23.7 Å². The van der Waals surface area contributed by atoms with Gasteiger partial charge in [-0.3, -0.25) is 14.4 Å². The highest BCUT2D eigenvalue weighted by molar-refractivity contribution is 5.94. The number of nitrogens with one attached hydrogen (secondary N) is 3. The Kier molecular flexibility index (Phi) is 9.23. The minimum Gasteiger partial charge on any atom is -0.480 e. The lowest BCUT2D eigenvalue weighted by Gasteiger charge is -2.24. The van der Waals surface area contributed by atoms with Crippen LogP contribution in [0.25, 0.3) is 0 Å². The Balaban J connectivity index is 2.95. The van der Waals surface area contributed by atoms with Gasteiger partial charge in [0.2, 0.25) is 17.7 Å². The average molecular weight is 408 g/mol. The molecular weight excluding hydrogens is 380 g/mol. The lowest BCUT2D eigenvalue weighted by molar-refractivity contribution is -0.145. The number of rotatable bonds is 10. The second-order valence-corrected chi connectivity index (χ2v) is 6.83. The van der Waals surface area contributed by atoms with Gasteiger partial charge in [0.25, 0.3) is 0 Å². The van der Waals surface area contributed by atoms with Crippen LogP contribution in [0.3, 0.4) is 0 Å². The Hall–Kier alpha value is -2.98. The van der Waals surface area contributed by atoms with Gasteiger partial charge in [-0.05, 0) is 26.3 Å². The van der Waals surface area contributed by atoms with Gasteiger partial charge >= 0.3 is 5.97 Å². The molecule has 5 atom stereocenters. The van der Waals surface area contributed by atoms with Crippen molar-refractivity contribution in [3.05, 3.63) is 35.9 Å². The highest BCUT2D eigenvalue weighted by atomic mass is 16.4. The Labute approximate surface area is 168 Å². The molecule has 10 nitrogen and oxygen atoms in total. The van der Waals surface area contributed by atoms with Crippen LogP contribution in [-0.4, -0.2) is 64.2 Å². The molecule has 1 aromatic carbocycles. The summed E-state index contributed by atoms with van der Waals surface area (Å²) in [4.78, 5) is 48.0. The quantitative estimate of drug-likeness (QED) is 0.274. The molecule has 0 aliphatic rings. The summed E-state index contributed by atoms with van der Waals surface area (Å²) in [7, 11) is 0. The van der Waals surface area contributed by atoms with Crippen LogP contribution in [0.2, 0.25) is 0 Å². The number of carbonyl (C=O) groups is 4. The van der Waals surface area contributed by atoms with Crippen molar-refractivity contribution in [2.45, 2.75) is 57.5 Å². The Morgan fingerprint density at radius 3 is 2.00 bits per heavy atom. The van der Waals surface area contributed by atoms with Gasteiger partial charge in [-0.1, -0.05) is 30.3 Å². The minimum absolute atomic E-state index is 0.0819. The predicted molar refractivity (Wildman–Crippen MR) is 105 cm³/mol. The zero-order valence-electron chi connectivity index (χ0n) is 16.6. The number of aliphatic hydroxyl groups is 1. The topological polar surface area (TPSA) is 171 Å². The van der Waals surface area contributed by atoms with E-state index in [0.717, 1.165) is 5.56 Å². The van der Waals surface area contributed by atoms with Crippen LogP contribution in [-0.2, 0) is 25.6 Å². The number of aliphatic hydroxyl groups excluding tert-OH is 1. The molecule has 0 heterocycles. The molecule has 0 bridgehead atoms. The fourth-order valence-corrected chi connectivity index (χ4v) is 2.41. The number of aliphatic carboxylic acids is 1. The smallest absolute Gasteiger partial charge is 0.328 e. The molecule has 3 amide bonds. The van der Waals surface area contributed by atoms with Crippen LogP contribution in [0.5, 0.6) is 0 Å². The van der Waals surface area contributed by atoms with Crippen molar-refractivity contribution in [2.24, 2.45) is 5.73 Å². The van der Waals surface area contributed by atoms with E-state index in [4.69, 9.17) is 10.8 Å². The van der Waals surface area contributed by atoms with Crippen molar-refractivity contribution in [1.29, 1.82) is 0 Å². The zero-order chi connectivity index (χ0) is 22.1. The van der Waals surface area contributed by atoms with Crippen molar-refractivity contribution in [3.63, 3.8) is 0 Å². The number of hydrogen-bond acceptors (Lipinski definition) is 6. The predicted octanol–water partition coefficient (Wildman–Crippen LogP) is -1.48. The maximum atomic E-state index is 12.6. The van der Waals surface area contributed by atoms with Crippen molar-refractivity contribution in [2.75, 3.05) is 0 Å². The van der Waals surface area contributed by atoms with E-state index >= 15 is 0 Å². The van der Waals surface area contributed by atoms with Gasteiger partial charge in [0.15, 0.2) is 6.04 Å². The summed E-state index contributed by atoms with van der Waals surface area (Å²) in [6.07, 6.45) is -1.26. The molecule has 0 aliphatic heterocycles. The van der Waals surface area contributed by atoms with Gasteiger partial charge in [-0.25, -0.2) is 4.79 Å². The second kappa shape index (κ2) is 11.1. The van der Waals surface area contributed by atoms with E-state index in [0.29, 0.717) is 0 Å². The van der Waals surface area contributed by atoms with Crippen LogP contribution >= 0.6 is 0 Å². The molecule has 0 saturated carbocycles. The second-order valence-electron chi connectivity index (χ2n) is 6.83.